The van der Waals surface area contributed by atoms with Crippen LogP contribution in [0.15, 0.2) is 35.2 Å². The van der Waals surface area contributed by atoms with Crippen LogP contribution in [0, 0.1) is 0 Å². The van der Waals surface area contributed by atoms with Crippen LogP contribution < -0.4 is 5.32 Å². The van der Waals surface area contributed by atoms with Crippen LogP contribution in [0.2, 0.25) is 0 Å². The number of carbonyl (C=O) groups is 1. The number of ether oxygens (including phenoxy) is 1. The molecule has 2 aromatic rings. The van der Waals surface area contributed by atoms with Crippen molar-refractivity contribution in [2.45, 2.75) is 19.5 Å². The summed E-state index contributed by atoms with van der Waals surface area (Å²) in [4.78, 5) is 11.2. The standard InChI is InChI=1S/C13H17N3O3/c1-18-13(17)11-8-12(19-10-11)9-14-4-2-6-16-7-3-5-15-16/h3,5,7-8,10,14H,2,4,6,9H2,1H3. The fourth-order valence-electron chi connectivity index (χ4n) is 1.71. The Labute approximate surface area is 111 Å². The van der Waals surface area contributed by atoms with Gasteiger partial charge in [-0.1, -0.05) is 0 Å². The topological polar surface area (TPSA) is 69.3 Å². The van der Waals surface area contributed by atoms with E-state index >= 15 is 0 Å². The lowest BCUT2D eigenvalue weighted by Crippen LogP contribution is -2.16. The lowest BCUT2D eigenvalue weighted by atomic mass is 10.3. The van der Waals surface area contributed by atoms with E-state index < -0.39 is 0 Å². The van der Waals surface area contributed by atoms with Crippen molar-refractivity contribution >= 4 is 5.97 Å². The number of nitrogens with zero attached hydrogens (tertiary/aromatic N) is 2. The number of aromatic nitrogens is 2. The van der Waals surface area contributed by atoms with Crippen molar-refractivity contribution in [2.75, 3.05) is 13.7 Å². The second-order valence-corrected chi connectivity index (χ2v) is 4.09. The second kappa shape index (κ2) is 6.75. The highest BCUT2D eigenvalue weighted by Gasteiger charge is 2.09. The molecule has 0 fully saturated rings. The number of nitrogens with one attached hydrogen (secondary N) is 1. The molecule has 0 saturated carbocycles. The van der Waals surface area contributed by atoms with Gasteiger partial charge < -0.3 is 14.5 Å². The average molecular weight is 263 g/mol. The van der Waals surface area contributed by atoms with Gasteiger partial charge in [0.25, 0.3) is 0 Å². The van der Waals surface area contributed by atoms with Gasteiger partial charge in [0.1, 0.15) is 12.0 Å². The zero-order valence-electron chi connectivity index (χ0n) is 10.8. The van der Waals surface area contributed by atoms with Gasteiger partial charge in [-0.2, -0.15) is 5.10 Å². The molecule has 1 N–H and O–H groups in total. The van der Waals surface area contributed by atoms with Crippen molar-refractivity contribution in [1.29, 1.82) is 0 Å². The molecule has 0 aliphatic carbocycles. The molecule has 0 aliphatic heterocycles. The molecule has 0 atom stereocenters. The van der Waals surface area contributed by atoms with Crippen LogP contribution in [0.5, 0.6) is 0 Å². The highest BCUT2D eigenvalue weighted by atomic mass is 16.5. The van der Waals surface area contributed by atoms with Gasteiger partial charge in [-0.3, -0.25) is 4.68 Å². The van der Waals surface area contributed by atoms with E-state index in [4.69, 9.17) is 4.42 Å². The third-order valence-electron chi connectivity index (χ3n) is 2.67. The molecule has 0 unspecified atom stereocenters. The second-order valence-electron chi connectivity index (χ2n) is 4.09. The van der Waals surface area contributed by atoms with E-state index in [1.807, 2.05) is 16.9 Å². The van der Waals surface area contributed by atoms with Gasteiger partial charge in [-0.15, -0.1) is 0 Å². The number of aryl methyl sites for hydroxylation is 1. The Balaban J connectivity index is 1.65. The van der Waals surface area contributed by atoms with Crippen molar-refractivity contribution in [3.63, 3.8) is 0 Å². The molecule has 0 saturated heterocycles. The van der Waals surface area contributed by atoms with Crippen LogP contribution in [-0.2, 0) is 17.8 Å². The normalized spacial score (nSPS) is 10.6. The molecule has 2 aromatic heterocycles. The molecule has 102 valence electrons. The first kappa shape index (κ1) is 13.4. The van der Waals surface area contributed by atoms with Crippen molar-refractivity contribution in [3.8, 4) is 0 Å². The van der Waals surface area contributed by atoms with Crippen LogP contribution >= 0.6 is 0 Å². The van der Waals surface area contributed by atoms with E-state index in [1.165, 1.54) is 13.4 Å². The first-order chi connectivity index (χ1) is 9.29. The molecule has 2 heterocycles. The lowest BCUT2D eigenvalue weighted by Gasteiger charge is -2.03. The average Bonchev–Trinajstić information content (AvgIpc) is 3.08. The number of rotatable bonds is 7. The lowest BCUT2D eigenvalue weighted by molar-refractivity contribution is 0.0600. The Morgan fingerprint density at radius 3 is 3.21 bits per heavy atom. The van der Waals surface area contributed by atoms with E-state index in [9.17, 15) is 4.79 Å². The zero-order chi connectivity index (χ0) is 13.5. The summed E-state index contributed by atoms with van der Waals surface area (Å²) in [6, 6.07) is 3.59. The molecule has 0 bridgehead atoms. The summed E-state index contributed by atoms with van der Waals surface area (Å²) >= 11 is 0. The van der Waals surface area contributed by atoms with E-state index in [0.29, 0.717) is 12.1 Å². The SMILES string of the molecule is COC(=O)c1coc(CNCCCn2cccn2)c1. The van der Waals surface area contributed by atoms with E-state index in [-0.39, 0.29) is 5.97 Å². The zero-order valence-corrected chi connectivity index (χ0v) is 10.8. The van der Waals surface area contributed by atoms with Crippen LogP contribution in [0.1, 0.15) is 22.5 Å². The van der Waals surface area contributed by atoms with Gasteiger partial charge in [-0.05, 0) is 25.1 Å². The molecule has 2 rings (SSSR count). The molecular weight excluding hydrogens is 246 g/mol. The molecule has 6 heteroatoms. The maximum Gasteiger partial charge on any atom is 0.341 e. The van der Waals surface area contributed by atoms with Gasteiger partial charge in [0.15, 0.2) is 0 Å². The molecule has 19 heavy (non-hydrogen) atoms. The summed E-state index contributed by atoms with van der Waals surface area (Å²) in [6.07, 6.45) is 6.10. The predicted octanol–water partition coefficient (Wildman–Crippen LogP) is 1.44. The number of hydrogen-bond donors (Lipinski definition) is 1. The summed E-state index contributed by atoms with van der Waals surface area (Å²) < 4.78 is 11.8. The highest BCUT2D eigenvalue weighted by molar-refractivity contribution is 5.88. The van der Waals surface area contributed by atoms with Crippen LogP contribution in [0.4, 0.5) is 0 Å². The molecule has 0 amide bonds. The minimum atomic E-state index is -0.381. The van der Waals surface area contributed by atoms with E-state index in [0.717, 1.165) is 25.3 Å². The Bertz CT molecular complexity index is 505. The van der Waals surface area contributed by atoms with Gasteiger partial charge >= 0.3 is 5.97 Å². The van der Waals surface area contributed by atoms with E-state index in [2.05, 4.69) is 15.2 Å². The summed E-state index contributed by atoms with van der Waals surface area (Å²) in [6.45, 7) is 2.33. The molecule has 0 radical (unpaired) electrons. The monoisotopic (exact) mass is 263 g/mol. The predicted molar refractivity (Wildman–Crippen MR) is 68.6 cm³/mol. The summed E-state index contributed by atoms with van der Waals surface area (Å²) in [5.74, 6) is 0.341. The molecule has 0 spiro atoms. The smallest absolute Gasteiger partial charge is 0.341 e. The van der Waals surface area contributed by atoms with Gasteiger partial charge in [0.05, 0.1) is 19.2 Å². The minimum absolute atomic E-state index is 0.381. The van der Waals surface area contributed by atoms with Crippen LogP contribution in [0.25, 0.3) is 0 Å². The van der Waals surface area contributed by atoms with Gasteiger partial charge in [0.2, 0.25) is 0 Å². The maximum atomic E-state index is 11.2. The molecule has 0 aromatic carbocycles. The van der Waals surface area contributed by atoms with Crippen molar-refractivity contribution in [2.24, 2.45) is 0 Å². The van der Waals surface area contributed by atoms with Gasteiger partial charge in [-0.25, -0.2) is 4.79 Å². The summed E-state index contributed by atoms with van der Waals surface area (Å²) in [7, 11) is 1.35. The molecule has 6 nitrogen and oxygen atoms in total. The van der Waals surface area contributed by atoms with Crippen LogP contribution in [0.3, 0.4) is 0 Å². The minimum Gasteiger partial charge on any atom is -0.467 e. The summed E-state index contributed by atoms with van der Waals surface area (Å²) in [5.41, 5.74) is 0.441. The fourth-order valence-corrected chi connectivity index (χ4v) is 1.71. The van der Waals surface area contributed by atoms with Crippen molar-refractivity contribution in [3.05, 3.63) is 42.1 Å². The molecule has 0 aliphatic rings. The summed E-state index contributed by atoms with van der Waals surface area (Å²) in [5, 5.41) is 7.37. The number of esters is 1. The third-order valence-corrected chi connectivity index (χ3v) is 2.67. The van der Waals surface area contributed by atoms with Crippen molar-refractivity contribution < 1.29 is 13.9 Å². The fraction of sp³-hybridized carbons (Fsp3) is 0.385. The number of methoxy groups -OCH3 is 1. The maximum absolute atomic E-state index is 11.2. The number of carbonyl (C=O) groups excluding carboxylic acids is 1. The quantitative estimate of drug-likeness (QED) is 0.604. The Hall–Kier alpha value is -2.08. The Morgan fingerprint density at radius 2 is 2.47 bits per heavy atom. The van der Waals surface area contributed by atoms with E-state index in [1.54, 1.807) is 12.3 Å². The van der Waals surface area contributed by atoms with Gasteiger partial charge in [0, 0.05) is 18.9 Å². The first-order valence-corrected chi connectivity index (χ1v) is 6.13. The highest BCUT2D eigenvalue weighted by Crippen LogP contribution is 2.08. The first-order valence-electron chi connectivity index (χ1n) is 6.13. The Morgan fingerprint density at radius 1 is 1.58 bits per heavy atom. The van der Waals surface area contributed by atoms with Crippen LogP contribution in [-0.4, -0.2) is 29.4 Å². The number of furan rings is 1. The Kier molecular flexibility index (Phi) is 4.74. The number of hydrogen-bond acceptors (Lipinski definition) is 5. The largest absolute Gasteiger partial charge is 0.467 e. The molecular formula is C13H17N3O3. The third kappa shape index (κ3) is 3.96. The van der Waals surface area contributed by atoms with Crippen molar-refractivity contribution in [1.82, 2.24) is 15.1 Å².